The molecule has 0 atom stereocenters. The Bertz CT molecular complexity index is 337. The van der Waals surface area contributed by atoms with Gasteiger partial charge in [-0.15, -0.1) is 0 Å². The molecule has 1 aliphatic rings. The Morgan fingerprint density at radius 3 is 2.71 bits per heavy atom. The van der Waals surface area contributed by atoms with Crippen molar-refractivity contribution in [2.24, 2.45) is 0 Å². The minimum absolute atomic E-state index is 0.218. The van der Waals surface area contributed by atoms with Gasteiger partial charge in [-0.25, -0.2) is 0 Å². The number of hydrogen-bond acceptors (Lipinski definition) is 2. The maximum atomic E-state index is 3.43. The van der Waals surface area contributed by atoms with Gasteiger partial charge in [0.05, 0.1) is 6.67 Å². The maximum Gasteiger partial charge on any atom is 0.0655 e. The van der Waals surface area contributed by atoms with E-state index in [1.165, 1.54) is 16.8 Å². The first-order valence-corrected chi connectivity index (χ1v) is 5.16. The molecule has 0 radical (unpaired) electrons. The molecule has 2 N–H and O–H groups in total. The number of benzene rings is 1. The van der Waals surface area contributed by atoms with E-state index in [9.17, 15) is 0 Å². The van der Waals surface area contributed by atoms with Crippen molar-refractivity contribution in [3.05, 3.63) is 29.3 Å². The zero-order chi connectivity index (χ0) is 10.2. The highest BCUT2D eigenvalue weighted by Crippen LogP contribution is 2.32. The van der Waals surface area contributed by atoms with Crippen LogP contribution in [0.3, 0.4) is 0 Å². The molecular formula is C12H18N2. The lowest BCUT2D eigenvalue weighted by atomic mass is 9.84. The first kappa shape index (κ1) is 9.53. The molecule has 2 heteroatoms. The van der Waals surface area contributed by atoms with E-state index < -0.39 is 0 Å². The zero-order valence-electron chi connectivity index (χ0n) is 9.15. The number of hydrogen-bond donors (Lipinski definition) is 2. The molecule has 1 aliphatic heterocycles. The van der Waals surface area contributed by atoms with Crippen LogP contribution < -0.4 is 10.6 Å². The highest BCUT2D eigenvalue weighted by Gasteiger charge is 2.20. The quantitative estimate of drug-likeness (QED) is 0.656. The van der Waals surface area contributed by atoms with Crippen LogP contribution in [0.15, 0.2) is 18.2 Å². The third-order valence-electron chi connectivity index (χ3n) is 2.66. The Hall–Kier alpha value is -1.02. The van der Waals surface area contributed by atoms with Gasteiger partial charge in [0.25, 0.3) is 0 Å². The van der Waals surface area contributed by atoms with E-state index in [-0.39, 0.29) is 5.41 Å². The molecular weight excluding hydrogens is 172 g/mol. The van der Waals surface area contributed by atoms with E-state index in [0.29, 0.717) is 0 Å². The van der Waals surface area contributed by atoms with Crippen LogP contribution in [-0.2, 0) is 12.0 Å². The highest BCUT2D eigenvalue weighted by atomic mass is 15.1. The van der Waals surface area contributed by atoms with Gasteiger partial charge in [-0.3, -0.25) is 5.32 Å². The van der Waals surface area contributed by atoms with E-state index in [4.69, 9.17) is 0 Å². The molecule has 0 amide bonds. The second-order valence-electron chi connectivity index (χ2n) is 4.87. The number of rotatable bonds is 0. The Morgan fingerprint density at radius 2 is 2.00 bits per heavy atom. The molecule has 0 fully saturated rings. The third kappa shape index (κ3) is 1.62. The predicted octanol–water partition coefficient (Wildman–Crippen LogP) is 2.46. The Kier molecular flexibility index (Phi) is 2.23. The van der Waals surface area contributed by atoms with Gasteiger partial charge in [0.1, 0.15) is 0 Å². The van der Waals surface area contributed by atoms with Gasteiger partial charge < -0.3 is 5.32 Å². The average molecular weight is 190 g/mol. The van der Waals surface area contributed by atoms with Gasteiger partial charge in [0.15, 0.2) is 0 Å². The van der Waals surface area contributed by atoms with Crippen molar-refractivity contribution in [3.8, 4) is 0 Å². The number of nitrogens with one attached hydrogen (secondary N) is 2. The van der Waals surface area contributed by atoms with E-state index in [1.807, 2.05) is 0 Å². The van der Waals surface area contributed by atoms with Crippen LogP contribution in [0, 0.1) is 0 Å². The van der Waals surface area contributed by atoms with Crippen LogP contribution in [0.25, 0.3) is 0 Å². The fourth-order valence-corrected chi connectivity index (χ4v) is 1.93. The fraction of sp³-hybridized carbons (Fsp3) is 0.500. The monoisotopic (exact) mass is 190 g/mol. The van der Waals surface area contributed by atoms with Gasteiger partial charge in [0.2, 0.25) is 0 Å². The van der Waals surface area contributed by atoms with Crippen LogP contribution in [0.2, 0.25) is 0 Å². The number of para-hydroxylation sites is 1. The van der Waals surface area contributed by atoms with Crippen LogP contribution in [0.5, 0.6) is 0 Å². The molecule has 0 unspecified atom stereocenters. The minimum atomic E-state index is 0.218. The SMILES string of the molecule is CC(C)(C)c1cccc2c1NCNC2. The van der Waals surface area contributed by atoms with Crippen molar-refractivity contribution in [3.63, 3.8) is 0 Å². The van der Waals surface area contributed by atoms with Crippen LogP contribution in [-0.4, -0.2) is 6.67 Å². The second-order valence-corrected chi connectivity index (χ2v) is 4.87. The first-order valence-electron chi connectivity index (χ1n) is 5.16. The molecule has 0 saturated carbocycles. The van der Waals surface area contributed by atoms with Crippen LogP contribution >= 0.6 is 0 Å². The molecule has 1 aromatic carbocycles. The molecule has 2 nitrogen and oxygen atoms in total. The number of fused-ring (bicyclic) bond motifs is 1. The molecule has 0 spiro atoms. The average Bonchev–Trinajstić information content (AvgIpc) is 2.15. The summed E-state index contributed by atoms with van der Waals surface area (Å²) in [7, 11) is 0. The summed E-state index contributed by atoms with van der Waals surface area (Å²) in [5.74, 6) is 0. The van der Waals surface area contributed by atoms with Crippen molar-refractivity contribution in [2.75, 3.05) is 12.0 Å². The lowest BCUT2D eigenvalue weighted by Crippen LogP contribution is -2.30. The molecule has 0 aromatic heterocycles. The van der Waals surface area contributed by atoms with Crippen molar-refractivity contribution in [2.45, 2.75) is 32.7 Å². The third-order valence-corrected chi connectivity index (χ3v) is 2.66. The zero-order valence-corrected chi connectivity index (χ0v) is 9.15. The van der Waals surface area contributed by atoms with E-state index in [1.54, 1.807) is 0 Å². The molecule has 76 valence electrons. The summed E-state index contributed by atoms with van der Waals surface area (Å²) in [6.45, 7) is 8.62. The summed E-state index contributed by atoms with van der Waals surface area (Å²) in [4.78, 5) is 0. The van der Waals surface area contributed by atoms with Crippen molar-refractivity contribution < 1.29 is 0 Å². The maximum absolute atomic E-state index is 3.43. The molecule has 0 bridgehead atoms. The van der Waals surface area contributed by atoms with E-state index in [0.717, 1.165) is 13.2 Å². The van der Waals surface area contributed by atoms with Gasteiger partial charge >= 0.3 is 0 Å². The topological polar surface area (TPSA) is 24.1 Å². The van der Waals surface area contributed by atoms with Gasteiger partial charge in [-0.1, -0.05) is 39.0 Å². The summed E-state index contributed by atoms with van der Waals surface area (Å²) in [5, 5.41) is 6.74. The largest absolute Gasteiger partial charge is 0.372 e. The number of anilines is 1. The molecule has 1 heterocycles. The first-order chi connectivity index (χ1) is 6.59. The van der Waals surface area contributed by atoms with E-state index in [2.05, 4.69) is 49.6 Å². The second kappa shape index (κ2) is 3.28. The Labute approximate surface area is 85.7 Å². The lowest BCUT2D eigenvalue weighted by Gasteiger charge is -2.28. The van der Waals surface area contributed by atoms with E-state index >= 15 is 0 Å². The smallest absolute Gasteiger partial charge is 0.0655 e. The predicted molar refractivity (Wildman–Crippen MR) is 60.5 cm³/mol. The fourth-order valence-electron chi connectivity index (χ4n) is 1.93. The molecule has 2 rings (SSSR count). The standard InChI is InChI=1S/C12H18N2/c1-12(2,3)10-6-4-5-9-7-13-8-14-11(9)10/h4-6,13-14H,7-8H2,1-3H3. The van der Waals surface area contributed by atoms with Crippen LogP contribution in [0.1, 0.15) is 31.9 Å². The summed E-state index contributed by atoms with van der Waals surface area (Å²) in [6.07, 6.45) is 0. The summed E-state index contributed by atoms with van der Waals surface area (Å²) < 4.78 is 0. The molecule has 1 aromatic rings. The van der Waals surface area contributed by atoms with Gasteiger partial charge in [-0.2, -0.15) is 0 Å². The summed E-state index contributed by atoms with van der Waals surface area (Å²) in [5.41, 5.74) is 4.34. The van der Waals surface area contributed by atoms with Crippen molar-refractivity contribution in [1.82, 2.24) is 5.32 Å². The lowest BCUT2D eigenvalue weighted by molar-refractivity contribution is 0.585. The van der Waals surface area contributed by atoms with Crippen LogP contribution in [0.4, 0.5) is 5.69 Å². The molecule has 14 heavy (non-hydrogen) atoms. The summed E-state index contributed by atoms with van der Waals surface area (Å²) in [6, 6.07) is 6.55. The van der Waals surface area contributed by atoms with Gasteiger partial charge in [0, 0.05) is 12.2 Å². The Morgan fingerprint density at radius 1 is 1.21 bits per heavy atom. The van der Waals surface area contributed by atoms with Crippen molar-refractivity contribution >= 4 is 5.69 Å². The van der Waals surface area contributed by atoms with Gasteiger partial charge in [-0.05, 0) is 16.5 Å². The van der Waals surface area contributed by atoms with Crippen molar-refractivity contribution in [1.29, 1.82) is 0 Å². The molecule has 0 saturated heterocycles. The molecule has 0 aliphatic carbocycles. The summed E-state index contributed by atoms with van der Waals surface area (Å²) >= 11 is 0. The Balaban J connectivity index is 2.51. The highest BCUT2D eigenvalue weighted by molar-refractivity contribution is 5.61. The minimum Gasteiger partial charge on any atom is -0.372 e. The normalized spacial score (nSPS) is 15.9.